The molecule has 158 valence electrons. The number of imide groups is 1. The van der Waals surface area contributed by atoms with Crippen molar-refractivity contribution in [2.45, 2.75) is 0 Å². The van der Waals surface area contributed by atoms with Crippen molar-refractivity contribution in [3.05, 3.63) is 70.9 Å². The summed E-state index contributed by atoms with van der Waals surface area (Å²) in [5.74, 6) is -3.77. The predicted octanol–water partition coefficient (Wildman–Crippen LogP) is 2.68. The molecule has 9 nitrogen and oxygen atoms in total. The zero-order valence-electron chi connectivity index (χ0n) is 15.6. The van der Waals surface area contributed by atoms with Crippen LogP contribution in [0.5, 0.6) is 0 Å². The van der Waals surface area contributed by atoms with E-state index in [0.29, 0.717) is 22.3 Å². The largest absolute Gasteiger partial charge is 0.478 e. The van der Waals surface area contributed by atoms with Gasteiger partial charge in [0.25, 0.3) is 11.1 Å². The summed E-state index contributed by atoms with van der Waals surface area (Å²) in [7, 11) is 0. The Labute approximate surface area is 178 Å². The Kier molecular flexibility index (Phi) is 6.46. The Morgan fingerprint density at radius 1 is 0.968 bits per heavy atom. The number of nitrogens with one attached hydrogen (secondary N) is 2. The third-order valence-electron chi connectivity index (χ3n) is 3.96. The highest BCUT2D eigenvalue weighted by Crippen LogP contribution is 2.30. The SMILES string of the molecule is O=C(/C=C1\SC(=O)N(CC(=O)Nc2ccc(C(=O)O)cc2)C1=O)Nc1ccc(F)cc1. The second-order valence-corrected chi connectivity index (χ2v) is 7.19. The molecule has 1 saturated heterocycles. The highest BCUT2D eigenvalue weighted by atomic mass is 32.2. The molecule has 1 heterocycles. The number of amides is 4. The standard InChI is InChI=1S/C20H14FN3O6S/c21-12-3-7-14(8-4-12)22-16(25)9-15-18(27)24(20(30)31-15)10-17(26)23-13-5-1-11(2-6-13)19(28)29/h1-9H,10H2,(H,22,25)(H,23,26)(H,28,29)/b15-9-. The molecule has 1 aliphatic heterocycles. The van der Waals surface area contributed by atoms with Crippen molar-refractivity contribution in [3.8, 4) is 0 Å². The van der Waals surface area contributed by atoms with Gasteiger partial charge < -0.3 is 15.7 Å². The molecule has 3 N–H and O–H groups in total. The van der Waals surface area contributed by atoms with Crippen molar-refractivity contribution < 1.29 is 33.5 Å². The zero-order chi connectivity index (χ0) is 22.5. The first-order valence-electron chi connectivity index (χ1n) is 8.68. The van der Waals surface area contributed by atoms with Crippen LogP contribution >= 0.6 is 11.8 Å². The average Bonchev–Trinajstić information content (AvgIpc) is 2.97. The topological polar surface area (TPSA) is 133 Å². The summed E-state index contributed by atoms with van der Waals surface area (Å²) in [6.45, 7) is -0.581. The molecule has 2 aromatic rings. The van der Waals surface area contributed by atoms with Crippen LogP contribution in [0.25, 0.3) is 0 Å². The van der Waals surface area contributed by atoms with Crippen molar-refractivity contribution in [2.75, 3.05) is 17.2 Å². The Morgan fingerprint density at radius 2 is 1.55 bits per heavy atom. The second-order valence-electron chi connectivity index (χ2n) is 6.19. The number of carboxylic acids is 1. The quantitative estimate of drug-likeness (QED) is 0.585. The minimum absolute atomic E-state index is 0.0352. The Bertz CT molecular complexity index is 1100. The van der Waals surface area contributed by atoms with E-state index in [2.05, 4.69) is 10.6 Å². The summed E-state index contributed by atoms with van der Waals surface area (Å²) in [4.78, 5) is 60.1. The van der Waals surface area contributed by atoms with Crippen molar-refractivity contribution in [2.24, 2.45) is 0 Å². The number of hydrogen-bond donors (Lipinski definition) is 3. The van der Waals surface area contributed by atoms with Crippen LogP contribution in [-0.4, -0.2) is 45.5 Å². The lowest BCUT2D eigenvalue weighted by molar-refractivity contribution is -0.127. The molecule has 0 aromatic heterocycles. The van der Waals surface area contributed by atoms with Crippen LogP contribution in [-0.2, 0) is 14.4 Å². The maximum atomic E-state index is 12.9. The number of nitrogens with zero attached hydrogens (tertiary/aromatic N) is 1. The summed E-state index contributed by atoms with van der Waals surface area (Å²) < 4.78 is 12.9. The Balaban J connectivity index is 1.60. The number of carbonyl (C=O) groups excluding carboxylic acids is 4. The first-order chi connectivity index (χ1) is 14.7. The van der Waals surface area contributed by atoms with Gasteiger partial charge in [-0.3, -0.25) is 24.1 Å². The van der Waals surface area contributed by atoms with Gasteiger partial charge in [0.05, 0.1) is 10.5 Å². The molecule has 0 aliphatic carbocycles. The van der Waals surface area contributed by atoms with E-state index in [1.165, 1.54) is 36.4 Å². The minimum atomic E-state index is -1.12. The number of benzene rings is 2. The van der Waals surface area contributed by atoms with E-state index in [9.17, 15) is 28.4 Å². The van der Waals surface area contributed by atoms with Crippen molar-refractivity contribution in [1.29, 1.82) is 0 Å². The maximum absolute atomic E-state index is 12.9. The number of carboxylic acid groups (broad SMARTS) is 1. The van der Waals surface area contributed by atoms with E-state index in [1.54, 1.807) is 0 Å². The van der Waals surface area contributed by atoms with Crippen LogP contribution in [0.1, 0.15) is 10.4 Å². The van der Waals surface area contributed by atoms with Gasteiger partial charge in [-0.25, -0.2) is 9.18 Å². The first kappa shape index (κ1) is 21.7. The van der Waals surface area contributed by atoms with Crippen LogP contribution in [0, 0.1) is 5.82 Å². The number of carbonyl (C=O) groups is 5. The highest BCUT2D eigenvalue weighted by molar-refractivity contribution is 8.18. The van der Waals surface area contributed by atoms with E-state index < -0.39 is 41.3 Å². The fourth-order valence-corrected chi connectivity index (χ4v) is 3.32. The van der Waals surface area contributed by atoms with E-state index in [1.807, 2.05) is 0 Å². The molecule has 0 radical (unpaired) electrons. The van der Waals surface area contributed by atoms with Crippen LogP contribution < -0.4 is 10.6 Å². The number of anilines is 2. The fourth-order valence-electron chi connectivity index (χ4n) is 2.51. The van der Waals surface area contributed by atoms with Crippen molar-refractivity contribution in [3.63, 3.8) is 0 Å². The molecule has 31 heavy (non-hydrogen) atoms. The van der Waals surface area contributed by atoms with Gasteiger partial charge in [0.1, 0.15) is 12.4 Å². The van der Waals surface area contributed by atoms with Crippen LogP contribution in [0.3, 0.4) is 0 Å². The molecule has 2 aromatic carbocycles. The number of halogens is 1. The lowest BCUT2D eigenvalue weighted by atomic mass is 10.2. The van der Waals surface area contributed by atoms with E-state index in [-0.39, 0.29) is 16.2 Å². The first-order valence-corrected chi connectivity index (χ1v) is 9.50. The second kappa shape index (κ2) is 9.22. The maximum Gasteiger partial charge on any atom is 0.335 e. The summed E-state index contributed by atoms with van der Waals surface area (Å²) in [5, 5.41) is 13.0. The average molecular weight is 443 g/mol. The van der Waals surface area contributed by atoms with E-state index in [0.717, 1.165) is 18.2 Å². The van der Waals surface area contributed by atoms with Gasteiger partial charge in [0, 0.05) is 17.5 Å². The molecule has 0 atom stereocenters. The van der Waals surface area contributed by atoms with E-state index in [4.69, 9.17) is 5.11 Å². The van der Waals surface area contributed by atoms with Gasteiger partial charge in [-0.2, -0.15) is 0 Å². The third kappa shape index (κ3) is 5.54. The van der Waals surface area contributed by atoms with Crippen LogP contribution in [0.4, 0.5) is 20.6 Å². The molecule has 4 amide bonds. The highest BCUT2D eigenvalue weighted by Gasteiger charge is 2.36. The fraction of sp³-hybridized carbons (Fsp3) is 0.0500. The van der Waals surface area contributed by atoms with Gasteiger partial charge in [0.15, 0.2) is 0 Å². The van der Waals surface area contributed by atoms with Crippen molar-refractivity contribution in [1.82, 2.24) is 4.90 Å². The molecule has 1 aliphatic rings. The summed E-state index contributed by atoms with van der Waals surface area (Å²) in [6, 6.07) is 10.3. The smallest absolute Gasteiger partial charge is 0.335 e. The third-order valence-corrected chi connectivity index (χ3v) is 4.87. The monoisotopic (exact) mass is 443 g/mol. The summed E-state index contributed by atoms with van der Waals surface area (Å²) in [5.41, 5.74) is 0.624. The predicted molar refractivity (Wildman–Crippen MR) is 110 cm³/mol. The normalized spacial score (nSPS) is 14.6. The van der Waals surface area contributed by atoms with Gasteiger partial charge in [0.2, 0.25) is 11.8 Å². The van der Waals surface area contributed by atoms with Gasteiger partial charge >= 0.3 is 5.97 Å². The van der Waals surface area contributed by atoms with E-state index >= 15 is 0 Å². The molecule has 3 rings (SSSR count). The molecule has 0 spiro atoms. The molecule has 11 heteroatoms. The minimum Gasteiger partial charge on any atom is -0.478 e. The molecule has 1 fully saturated rings. The van der Waals surface area contributed by atoms with Crippen LogP contribution in [0.2, 0.25) is 0 Å². The van der Waals surface area contributed by atoms with Crippen molar-refractivity contribution >= 4 is 52.1 Å². The molecular weight excluding hydrogens is 429 g/mol. The zero-order valence-corrected chi connectivity index (χ0v) is 16.4. The Morgan fingerprint density at radius 3 is 2.16 bits per heavy atom. The molecule has 0 bridgehead atoms. The lowest BCUT2D eigenvalue weighted by Gasteiger charge is -2.12. The summed E-state index contributed by atoms with van der Waals surface area (Å²) in [6.07, 6.45) is 0.927. The number of aromatic carboxylic acids is 1. The van der Waals surface area contributed by atoms with Gasteiger partial charge in [-0.15, -0.1) is 0 Å². The molecular formula is C20H14FN3O6S. The van der Waals surface area contributed by atoms with Crippen LogP contribution in [0.15, 0.2) is 59.5 Å². The number of rotatable bonds is 6. The Hall–Kier alpha value is -3.99. The van der Waals surface area contributed by atoms with Gasteiger partial charge in [-0.1, -0.05) is 0 Å². The number of hydrogen-bond acceptors (Lipinski definition) is 6. The molecule has 0 saturated carbocycles. The van der Waals surface area contributed by atoms with Gasteiger partial charge in [-0.05, 0) is 60.3 Å². The lowest BCUT2D eigenvalue weighted by Crippen LogP contribution is -2.36. The summed E-state index contributed by atoms with van der Waals surface area (Å²) >= 11 is 0.509. The number of thioether (sulfide) groups is 1. The molecule has 0 unspecified atom stereocenters.